The quantitative estimate of drug-likeness (QED) is 0.645. The van der Waals surface area contributed by atoms with Gasteiger partial charge in [0.1, 0.15) is 11.4 Å². The van der Waals surface area contributed by atoms with Crippen LogP contribution in [0.3, 0.4) is 0 Å². The van der Waals surface area contributed by atoms with Crippen LogP contribution in [-0.4, -0.2) is 16.7 Å². The van der Waals surface area contributed by atoms with Crippen molar-refractivity contribution in [2.45, 2.75) is 32.3 Å². The number of carbonyl (C=O) groups is 1. The molecule has 0 radical (unpaired) electrons. The van der Waals surface area contributed by atoms with Crippen LogP contribution in [0.25, 0.3) is 0 Å². The Morgan fingerprint density at radius 1 is 1.75 bits per heavy atom. The molecular formula is C8H11ClO3. The molecule has 4 heteroatoms. The second-order valence-corrected chi connectivity index (χ2v) is 3.51. The maximum absolute atomic E-state index is 11.0. The van der Waals surface area contributed by atoms with Gasteiger partial charge in [0, 0.05) is 6.42 Å². The molecule has 0 aromatic carbocycles. The van der Waals surface area contributed by atoms with E-state index in [-0.39, 0.29) is 10.8 Å². The van der Waals surface area contributed by atoms with E-state index < -0.39 is 11.6 Å². The summed E-state index contributed by atoms with van der Waals surface area (Å²) < 4.78 is 5.02. The Labute approximate surface area is 76.0 Å². The van der Waals surface area contributed by atoms with E-state index in [2.05, 4.69) is 0 Å². The van der Waals surface area contributed by atoms with Gasteiger partial charge in [-0.1, -0.05) is 18.5 Å². The molecule has 1 N–H and O–H groups in total. The Kier molecular flexibility index (Phi) is 2.33. The summed E-state index contributed by atoms with van der Waals surface area (Å²) in [6.45, 7) is 3.66. The second kappa shape index (κ2) is 2.98. The van der Waals surface area contributed by atoms with Gasteiger partial charge in [0.05, 0.1) is 0 Å². The number of hydrogen-bond donors (Lipinski definition) is 1. The lowest BCUT2D eigenvalue weighted by Crippen LogP contribution is -2.35. The van der Waals surface area contributed by atoms with E-state index in [1.807, 2.05) is 6.92 Å². The number of aliphatic hydroxyl groups is 1. The predicted octanol–water partition coefficient (Wildman–Crippen LogP) is 2.11. The molecule has 0 amide bonds. The molecule has 68 valence electrons. The van der Waals surface area contributed by atoms with E-state index >= 15 is 0 Å². The molecule has 12 heavy (non-hydrogen) atoms. The average molecular weight is 191 g/mol. The molecule has 0 aliphatic carbocycles. The number of hydrogen-bond acceptors (Lipinski definition) is 3. The molecule has 3 nitrogen and oxygen atoms in total. The summed E-state index contributed by atoms with van der Waals surface area (Å²) in [5.74, 6) is -0.706. The van der Waals surface area contributed by atoms with Gasteiger partial charge in [-0.2, -0.15) is 0 Å². The van der Waals surface area contributed by atoms with Crippen LogP contribution in [0.5, 0.6) is 0 Å². The lowest BCUT2D eigenvalue weighted by atomic mass is 9.95. The first-order valence-corrected chi connectivity index (χ1v) is 4.17. The van der Waals surface area contributed by atoms with E-state index in [1.54, 1.807) is 6.92 Å². The molecule has 1 aliphatic rings. The highest BCUT2D eigenvalue weighted by atomic mass is 35.5. The van der Waals surface area contributed by atoms with Crippen molar-refractivity contribution in [2.24, 2.45) is 0 Å². The molecule has 0 spiro atoms. The predicted molar refractivity (Wildman–Crippen MR) is 44.9 cm³/mol. The molecule has 0 fully saturated rings. The van der Waals surface area contributed by atoms with Crippen LogP contribution in [0, 0.1) is 0 Å². The topological polar surface area (TPSA) is 46.5 Å². The van der Waals surface area contributed by atoms with Crippen molar-refractivity contribution in [1.29, 1.82) is 0 Å². The fourth-order valence-electron chi connectivity index (χ4n) is 1.05. The third-order valence-corrected chi connectivity index (χ3v) is 2.43. The summed E-state index contributed by atoms with van der Waals surface area (Å²) in [7, 11) is 0. The fraction of sp³-hybridized carbons (Fsp3) is 0.625. The van der Waals surface area contributed by atoms with Crippen LogP contribution in [-0.2, 0) is 9.53 Å². The standard InChI is InChI=1S/C8H11ClO3/c1-3-8(2)4-5(10)6(9)7(11)12-8/h10H,3-4H2,1-2H3/t8-/m1/s1. The van der Waals surface area contributed by atoms with E-state index in [0.29, 0.717) is 12.8 Å². The average Bonchev–Trinajstić information content (AvgIpc) is 2.00. The summed E-state index contributed by atoms with van der Waals surface area (Å²) in [6.07, 6.45) is 0.959. The largest absolute Gasteiger partial charge is 0.510 e. The van der Waals surface area contributed by atoms with Gasteiger partial charge in [0.25, 0.3) is 0 Å². The molecule has 1 aliphatic heterocycles. The summed E-state index contributed by atoms with van der Waals surface area (Å²) in [5.41, 5.74) is -0.598. The third kappa shape index (κ3) is 1.55. The third-order valence-electron chi connectivity index (χ3n) is 2.06. The van der Waals surface area contributed by atoms with Gasteiger partial charge < -0.3 is 9.84 Å². The Bertz CT molecular complexity index is 247. The first kappa shape index (κ1) is 9.39. The van der Waals surface area contributed by atoms with Crippen LogP contribution < -0.4 is 0 Å². The van der Waals surface area contributed by atoms with E-state index in [9.17, 15) is 9.90 Å². The molecule has 0 aromatic rings. The van der Waals surface area contributed by atoms with Crippen LogP contribution >= 0.6 is 11.6 Å². The number of aliphatic hydroxyl groups excluding tert-OH is 1. The number of ether oxygens (including phenoxy) is 1. The van der Waals surface area contributed by atoms with Crippen molar-refractivity contribution in [3.05, 3.63) is 10.8 Å². The van der Waals surface area contributed by atoms with Crippen molar-refractivity contribution in [3.63, 3.8) is 0 Å². The molecule has 0 saturated carbocycles. The van der Waals surface area contributed by atoms with Crippen molar-refractivity contribution in [1.82, 2.24) is 0 Å². The van der Waals surface area contributed by atoms with Crippen LogP contribution in [0.4, 0.5) is 0 Å². The van der Waals surface area contributed by atoms with Crippen LogP contribution in [0.15, 0.2) is 10.8 Å². The number of esters is 1. The monoisotopic (exact) mass is 190 g/mol. The molecule has 0 saturated heterocycles. The number of rotatable bonds is 1. The Balaban J connectivity index is 2.92. The zero-order valence-corrected chi connectivity index (χ0v) is 7.81. The maximum atomic E-state index is 11.0. The lowest BCUT2D eigenvalue weighted by molar-refractivity contribution is -0.155. The fourth-order valence-corrected chi connectivity index (χ4v) is 1.16. The second-order valence-electron chi connectivity index (χ2n) is 3.13. The van der Waals surface area contributed by atoms with Gasteiger partial charge in [0.15, 0.2) is 5.03 Å². The Hall–Kier alpha value is -0.700. The van der Waals surface area contributed by atoms with Gasteiger partial charge in [-0.15, -0.1) is 0 Å². The molecule has 1 atom stereocenters. The molecule has 1 heterocycles. The van der Waals surface area contributed by atoms with Crippen molar-refractivity contribution in [3.8, 4) is 0 Å². The van der Waals surface area contributed by atoms with E-state index in [0.717, 1.165) is 0 Å². The van der Waals surface area contributed by atoms with E-state index in [1.165, 1.54) is 0 Å². The van der Waals surface area contributed by atoms with Crippen molar-refractivity contribution >= 4 is 17.6 Å². The minimum absolute atomic E-state index is 0.0720. The minimum atomic E-state index is -0.634. The van der Waals surface area contributed by atoms with Gasteiger partial charge in [-0.3, -0.25) is 0 Å². The molecule has 0 bridgehead atoms. The smallest absolute Gasteiger partial charge is 0.353 e. The van der Waals surface area contributed by atoms with Crippen molar-refractivity contribution in [2.75, 3.05) is 0 Å². The summed E-state index contributed by atoms with van der Waals surface area (Å²) in [4.78, 5) is 11.0. The maximum Gasteiger partial charge on any atom is 0.353 e. The summed E-state index contributed by atoms with van der Waals surface area (Å²) in [6, 6.07) is 0. The number of halogens is 1. The Morgan fingerprint density at radius 2 is 2.33 bits per heavy atom. The summed E-state index contributed by atoms with van der Waals surface area (Å²) >= 11 is 5.46. The lowest BCUT2D eigenvalue weighted by Gasteiger charge is -2.31. The van der Waals surface area contributed by atoms with Crippen LogP contribution in [0.2, 0.25) is 0 Å². The number of carbonyl (C=O) groups excluding carboxylic acids is 1. The molecule has 1 rings (SSSR count). The summed E-state index contributed by atoms with van der Waals surface area (Å²) in [5, 5.41) is 9.07. The highest BCUT2D eigenvalue weighted by Crippen LogP contribution is 2.32. The first-order chi connectivity index (χ1) is 5.48. The molecule has 0 unspecified atom stereocenters. The van der Waals surface area contributed by atoms with Gasteiger partial charge in [-0.05, 0) is 13.3 Å². The van der Waals surface area contributed by atoms with Crippen molar-refractivity contribution < 1.29 is 14.6 Å². The zero-order chi connectivity index (χ0) is 9.35. The van der Waals surface area contributed by atoms with Gasteiger partial charge >= 0.3 is 5.97 Å². The molecule has 0 aromatic heterocycles. The Morgan fingerprint density at radius 3 is 2.75 bits per heavy atom. The minimum Gasteiger partial charge on any atom is -0.510 e. The SMILES string of the molecule is CC[C@]1(C)CC(O)=C(Cl)C(=O)O1. The zero-order valence-electron chi connectivity index (χ0n) is 7.06. The van der Waals surface area contributed by atoms with Gasteiger partial charge in [0.2, 0.25) is 0 Å². The van der Waals surface area contributed by atoms with Gasteiger partial charge in [-0.25, -0.2) is 4.79 Å². The van der Waals surface area contributed by atoms with Crippen LogP contribution in [0.1, 0.15) is 26.7 Å². The highest BCUT2D eigenvalue weighted by Gasteiger charge is 2.36. The number of cyclic esters (lactones) is 1. The normalized spacial score (nSPS) is 30.4. The van der Waals surface area contributed by atoms with E-state index in [4.69, 9.17) is 16.3 Å². The molecular weight excluding hydrogens is 180 g/mol. The highest BCUT2D eigenvalue weighted by molar-refractivity contribution is 6.41. The first-order valence-electron chi connectivity index (χ1n) is 3.79.